The predicted molar refractivity (Wildman–Crippen MR) is 85.1 cm³/mol. The van der Waals surface area contributed by atoms with E-state index in [1.807, 2.05) is 0 Å². The molecular formula is C15H30ClN3O. The van der Waals surface area contributed by atoms with Crippen molar-refractivity contribution in [1.82, 2.24) is 9.80 Å². The Bertz CT molecular complexity index is 335. The summed E-state index contributed by atoms with van der Waals surface area (Å²) in [6.07, 6.45) is 4.57. The summed E-state index contributed by atoms with van der Waals surface area (Å²) in [5, 5.41) is 0. The summed E-state index contributed by atoms with van der Waals surface area (Å²) in [5.74, 6) is 0.304. The van der Waals surface area contributed by atoms with E-state index in [1.165, 1.54) is 6.42 Å². The summed E-state index contributed by atoms with van der Waals surface area (Å²) in [7, 11) is 0. The maximum absolute atomic E-state index is 12.4. The van der Waals surface area contributed by atoms with Crippen molar-refractivity contribution < 1.29 is 4.79 Å². The molecule has 0 spiro atoms. The van der Waals surface area contributed by atoms with Crippen molar-refractivity contribution in [3.05, 3.63) is 0 Å². The number of piperidine rings is 2. The Labute approximate surface area is 129 Å². The summed E-state index contributed by atoms with van der Waals surface area (Å²) >= 11 is 0. The van der Waals surface area contributed by atoms with Gasteiger partial charge in [-0.3, -0.25) is 9.69 Å². The number of carbonyl (C=O) groups excluding carboxylic acids is 1. The quantitative estimate of drug-likeness (QED) is 0.847. The number of amides is 1. The molecule has 0 radical (unpaired) electrons. The van der Waals surface area contributed by atoms with Gasteiger partial charge in [-0.2, -0.15) is 0 Å². The van der Waals surface area contributed by atoms with E-state index in [0.717, 1.165) is 38.9 Å². The molecule has 0 aromatic heterocycles. The largest absolute Gasteiger partial charge is 0.339 e. The van der Waals surface area contributed by atoms with Gasteiger partial charge >= 0.3 is 0 Å². The lowest BCUT2D eigenvalue weighted by atomic mass is 9.80. The monoisotopic (exact) mass is 303 g/mol. The Morgan fingerprint density at radius 1 is 1.25 bits per heavy atom. The molecule has 1 amide bonds. The fourth-order valence-electron chi connectivity index (χ4n) is 3.37. The maximum Gasteiger partial charge on any atom is 0.236 e. The molecule has 2 atom stereocenters. The van der Waals surface area contributed by atoms with Crippen molar-refractivity contribution >= 4 is 18.3 Å². The Morgan fingerprint density at radius 2 is 1.95 bits per heavy atom. The first-order chi connectivity index (χ1) is 8.90. The summed E-state index contributed by atoms with van der Waals surface area (Å²) in [6.45, 7) is 9.99. The molecule has 0 aromatic rings. The molecule has 118 valence electrons. The summed E-state index contributed by atoms with van der Waals surface area (Å²) in [4.78, 5) is 16.8. The second-order valence-corrected chi connectivity index (χ2v) is 7.03. The van der Waals surface area contributed by atoms with Gasteiger partial charge < -0.3 is 10.6 Å². The van der Waals surface area contributed by atoms with E-state index >= 15 is 0 Å². The van der Waals surface area contributed by atoms with E-state index in [0.29, 0.717) is 18.5 Å². The lowest BCUT2D eigenvalue weighted by molar-refractivity contribution is -0.136. The van der Waals surface area contributed by atoms with Gasteiger partial charge in [0, 0.05) is 31.7 Å². The van der Waals surface area contributed by atoms with Crippen LogP contribution in [0.5, 0.6) is 0 Å². The Hall–Kier alpha value is -0.320. The van der Waals surface area contributed by atoms with Crippen LogP contribution < -0.4 is 5.73 Å². The van der Waals surface area contributed by atoms with Gasteiger partial charge in [0.15, 0.2) is 0 Å². The number of carbonyl (C=O) groups is 1. The highest BCUT2D eigenvalue weighted by atomic mass is 35.5. The number of nitrogens with two attached hydrogens (primary N) is 1. The number of likely N-dealkylation sites (tertiary alicyclic amines) is 2. The van der Waals surface area contributed by atoms with Gasteiger partial charge in [-0.15, -0.1) is 12.4 Å². The van der Waals surface area contributed by atoms with Crippen LogP contribution in [0, 0.1) is 5.41 Å². The van der Waals surface area contributed by atoms with Gasteiger partial charge in [-0.25, -0.2) is 0 Å². The molecule has 2 unspecified atom stereocenters. The van der Waals surface area contributed by atoms with Crippen LogP contribution in [-0.4, -0.2) is 54.0 Å². The van der Waals surface area contributed by atoms with Crippen LogP contribution in [0.25, 0.3) is 0 Å². The zero-order valence-electron chi connectivity index (χ0n) is 13.1. The van der Waals surface area contributed by atoms with Crippen molar-refractivity contribution in [2.75, 3.05) is 26.2 Å². The number of hydrogen-bond acceptors (Lipinski definition) is 3. The van der Waals surface area contributed by atoms with Gasteiger partial charge in [-0.1, -0.05) is 13.8 Å². The molecule has 20 heavy (non-hydrogen) atoms. The number of rotatable bonds is 2. The van der Waals surface area contributed by atoms with Crippen molar-refractivity contribution in [3.63, 3.8) is 0 Å². The van der Waals surface area contributed by atoms with Crippen LogP contribution in [0.2, 0.25) is 0 Å². The molecule has 2 aliphatic rings. The van der Waals surface area contributed by atoms with E-state index in [-0.39, 0.29) is 23.9 Å². The molecule has 5 heteroatoms. The van der Waals surface area contributed by atoms with Crippen molar-refractivity contribution in [2.24, 2.45) is 11.1 Å². The van der Waals surface area contributed by atoms with E-state index < -0.39 is 0 Å². The molecule has 2 heterocycles. The van der Waals surface area contributed by atoms with Gasteiger partial charge in [0.05, 0.1) is 6.54 Å². The first-order valence-electron chi connectivity index (χ1n) is 7.67. The molecule has 0 aliphatic carbocycles. The first kappa shape index (κ1) is 17.7. The predicted octanol–water partition coefficient (Wildman–Crippen LogP) is 1.87. The minimum Gasteiger partial charge on any atom is -0.339 e. The van der Waals surface area contributed by atoms with Crippen LogP contribution in [0.15, 0.2) is 0 Å². The average molecular weight is 304 g/mol. The fraction of sp³-hybridized carbons (Fsp3) is 0.933. The van der Waals surface area contributed by atoms with Crippen LogP contribution in [0.1, 0.15) is 46.5 Å². The minimum absolute atomic E-state index is 0. The molecule has 2 N–H and O–H groups in total. The van der Waals surface area contributed by atoms with Crippen LogP contribution in [-0.2, 0) is 4.79 Å². The molecule has 2 aliphatic heterocycles. The zero-order chi connectivity index (χ0) is 14.0. The van der Waals surface area contributed by atoms with E-state index in [2.05, 4.69) is 30.6 Å². The first-order valence-corrected chi connectivity index (χ1v) is 7.67. The molecular weight excluding hydrogens is 274 g/mol. The molecule has 0 aromatic carbocycles. The highest BCUT2D eigenvalue weighted by molar-refractivity contribution is 5.85. The summed E-state index contributed by atoms with van der Waals surface area (Å²) < 4.78 is 0. The third kappa shape index (κ3) is 4.09. The smallest absolute Gasteiger partial charge is 0.236 e. The van der Waals surface area contributed by atoms with Gasteiger partial charge in [0.2, 0.25) is 5.91 Å². The summed E-state index contributed by atoms with van der Waals surface area (Å²) in [5.41, 5.74) is 6.27. The molecule has 0 saturated carbocycles. The van der Waals surface area contributed by atoms with Crippen molar-refractivity contribution in [3.8, 4) is 0 Å². The zero-order valence-corrected chi connectivity index (χ0v) is 13.9. The normalized spacial score (nSPS) is 30.7. The highest BCUT2D eigenvalue weighted by Crippen LogP contribution is 2.27. The highest BCUT2D eigenvalue weighted by Gasteiger charge is 2.35. The van der Waals surface area contributed by atoms with Crippen LogP contribution in [0.3, 0.4) is 0 Å². The van der Waals surface area contributed by atoms with Gasteiger partial charge in [0.1, 0.15) is 0 Å². The summed E-state index contributed by atoms with van der Waals surface area (Å²) in [6, 6.07) is 0.675. The molecule has 2 fully saturated rings. The van der Waals surface area contributed by atoms with Crippen molar-refractivity contribution in [2.45, 2.75) is 58.5 Å². The Kier molecular flexibility index (Phi) is 6.29. The standard InChI is InChI=1S/C15H29N3O.ClH/c1-12-6-4-5-8-18(12)14(19)10-17-9-7-13(16)15(2,3)11-17;/h12-13H,4-11,16H2,1-3H3;1H. The van der Waals surface area contributed by atoms with Crippen LogP contribution >= 0.6 is 12.4 Å². The fourth-order valence-corrected chi connectivity index (χ4v) is 3.37. The topological polar surface area (TPSA) is 49.6 Å². The third-order valence-electron chi connectivity index (χ3n) is 4.87. The second kappa shape index (κ2) is 7.10. The van der Waals surface area contributed by atoms with E-state index in [4.69, 9.17) is 5.73 Å². The molecule has 0 bridgehead atoms. The molecule has 2 rings (SSSR count). The molecule has 2 saturated heterocycles. The third-order valence-corrected chi connectivity index (χ3v) is 4.87. The SMILES string of the molecule is CC1CCCCN1C(=O)CN1CCC(N)C(C)(C)C1.Cl. The number of nitrogens with zero attached hydrogens (tertiary/aromatic N) is 2. The van der Waals surface area contributed by atoms with E-state index in [1.54, 1.807) is 0 Å². The Morgan fingerprint density at radius 3 is 2.55 bits per heavy atom. The number of halogens is 1. The second-order valence-electron chi connectivity index (χ2n) is 7.03. The maximum atomic E-state index is 12.4. The lowest BCUT2D eigenvalue weighted by Crippen LogP contribution is -2.55. The van der Waals surface area contributed by atoms with Crippen molar-refractivity contribution in [1.29, 1.82) is 0 Å². The van der Waals surface area contributed by atoms with Crippen LogP contribution in [0.4, 0.5) is 0 Å². The van der Waals surface area contributed by atoms with E-state index in [9.17, 15) is 4.79 Å². The van der Waals surface area contributed by atoms with Gasteiger partial charge in [0.25, 0.3) is 0 Å². The lowest BCUT2D eigenvalue weighted by Gasteiger charge is -2.43. The Balaban J connectivity index is 0.00000200. The molecule has 4 nitrogen and oxygen atoms in total. The minimum atomic E-state index is 0. The van der Waals surface area contributed by atoms with Gasteiger partial charge in [-0.05, 0) is 38.0 Å². The average Bonchev–Trinajstić information content (AvgIpc) is 2.34. The number of hydrogen-bond donors (Lipinski definition) is 1.